The molecule has 0 aliphatic carbocycles. The molecule has 24 heavy (non-hydrogen) atoms. The SMILES string of the molecule is Cc1cc([N+](=O)[O-])c(Cl)cc1NC(=O)c1cccc2ccccc12. The van der Waals surface area contributed by atoms with E-state index >= 15 is 0 Å². The lowest BCUT2D eigenvalue weighted by Crippen LogP contribution is -2.13. The number of hydrogen-bond acceptors (Lipinski definition) is 3. The summed E-state index contributed by atoms with van der Waals surface area (Å²) in [5, 5.41) is 15.5. The predicted octanol–water partition coefficient (Wildman–Crippen LogP) is 4.96. The van der Waals surface area contributed by atoms with Gasteiger partial charge in [-0.2, -0.15) is 0 Å². The van der Waals surface area contributed by atoms with E-state index in [1.165, 1.54) is 12.1 Å². The Labute approximate surface area is 143 Å². The first-order valence-corrected chi connectivity index (χ1v) is 7.59. The third-order valence-corrected chi connectivity index (χ3v) is 4.08. The highest BCUT2D eigenvalue weighted by atomic mass is 35.5. The smallest absolute Gasteiger partial charge is 0.288 e. The second kappa shape index (κ2) is 6.29. The van der Waals surface area contributed by atoms with Crippen molar-refractivity contribution in [3.05, 3.63) is 80.9 Å². The van der Waals surface area contributed by atoms with Gasteiger partial charge in [-0.25, -0.2) is 0 Å². The van der Waals surface area contributed by atoms with Crippen LogP contribution in [0.4, 0.5) is 11.4 Å². The summed E-state index contributed by atoms with van der Waals surface area (Å²) < 4.78 is 0. The van der Waals surface area contributed by atoms with Gasteiger partial charge in [-0.15, -0.1) is 0 Å². The third kappa shape index (κ3) is 2.94. The number of carbonyl (C=O) groups excluding carboxylic acids is 1. The number of nitrogens with one attached hydrogen (secondary N) is 1. The molecule has 0 unspecified atom stereocenters. The van der Waals surface area contributed by atoms with E-state index in [9.17, 15) is 14.9 Å². The van der Waals surface area contributed by atoms with Crippen LogP contribution in [0.5, 0.6) is 0 Å². The highest BCUT2D eigenvalue weighted by molar-refractivity contribution is 6.33. The number of anilines is 1. The van der Waals surface area contributed by atoms with E-state index in [4.69, 9.17) is 11.6 Å². The van der Waals surface area contributed by atoms with Gasteiger partial charge in [0.2, 0.25) is 0 Å². The van der Waals surface area contributed by atoms with Crippen molar-refractivity contribution in [2.75, 3.05) is 5.32 Å². The van der Waals surface area contributed by atoms with Gasteiger partial charge in [-0.3, -0.25) is 14.9 Å². The minimum atomic E-state index is -0.550. The van der Waals surface area contributed by atoms with Crippen LogP contribution in [0.2, 0.25) is 5.02 Å². The molecule has 3 rings (SSSR count). The lowest BCUT2D eigenvalue weighted by molar-refractivity contribution is -0.384. The molecule has 0 fully saturated rings. The van der Waals surface area contributed by atoms with Gasteiger partial charge >= 0.3 is 0 Å². The molecule has 0 saturated heterocycles. The van der Waals surface area contributed by atoms with E-state index in [0.29, 0.717) is 16.8 Å². The second-order valence-corrected chi connectivity index (χ2v) is 5.76. The van der Waals surface area contributed by atoms with Crippen LogP contribution in [0.1, 0.15) is 15.9 Å². The average Bonchev–Trinajstić information content (AvgIpc) is 2.57. The quantitative estimate of drug-likeness (QED) is 0.541. The lowest BCUT2D eigenvalue weighted by Gasteiger charge is -2.11. The second-order valence-electron chi connectivity index (χ2n) is 5.36. The van der Waals surface area contributed by atoms with Crippen molar-refractivity contribution in [2.24, 2.45) is 0 Å². The molecular weight excluding hydrogens is 328 g/mol. The van der Waals surface area contributed by atoms with E-state index in [2.05, 4.69) is 5.32 Å². The minimum absolute atomic E-state index is 0.0150. The molecule has 1 N–H and O–H groups in total. The fourth-order valence-electron chi connectivity index (χ4n) is 2.55. The molecule has 3 aromatic rings. The van der Waals surface area contributed by atoms with Crippen LogP contribution in [0.15, 0.2) is 54.6 Å². The molecule has 0 bridgehead atoms. The zero-order valence-corrected chi connectivity index (χ0v) is 13.5. The number of nitro benzene ring substituents is 1. The van der Waals surface area contributed by atoms with Crippen LogP contribution in [-0.4, -0.2) is 10.8 Å². The summed E-state index contributed by atoms with van der Waals surface area (Å²) in [6.45, 7) is 1.68. The molecule has 0 spiro atoms. The number of amides is 1. The predicted molar refractivity (Wildman–Crippen MR) is 94.7 cm³/mol. The van der Waals surface area contributed by atoms with Crippen molar-refractivity contribution in [2.45, 2.75) is 6.92 Å². The standard InChI is InChI=1S/C18H13ClN2O3/c1-11-9-17(21(23)24)15(19)10-16(11)20-18(22)14-8-4-6-12-5-2-3-7-13(12)14/h2-10H,1H3,(H,20,22). The molecule has 0 aliphatic rings. The molecule has 6 heteroatoms. The summed E-state index contributed by atoms with van der Waals surface area (Å²) in [5.74, 6) is -0.292. The molecule has 1 amide bonds. The highest BCUT2D eigenvalue weighted by Gasteiger charge is 2.17. The summed E-state index contributed by atoms with van der Waals surface area (Å²) in [5.41, 5.74) is 1.36. The number of carbonyl (C=O) groups is 1. The first-order valence-electron chi connectivity index (χ1n) is 7.21. The van der Waals surface area contributed by atoms with Crippen molar-refractivity contribution in [3.63, 3.8) is 0 Å². The summed E-state index contributed by atoms with van der Waals surface area (Å²) in [6.07, 6.45) is 0. The van der Waals surface area contributed by atoms with Gasteiger partial charge in [-0.1, -0.05) is 48.0 Å². The Balaban J connectivity index is 1.98. The van der Waals surface area contributed by atoms with Crippen LogP contribution >= 0.6 is 11.6 Å². The number of hydrogen-bond donors (Lipinski definition) is 1. The molecule has 0 heterocycles. The van der Waals surface area contributed by atoms with Crippen molar-refractivity contribution in [1.29, 1.82) is 0 Å². The van der Waals surface area contributed by atoms with Crippen molar-refractivity contribution in [1.82, 2.24) is 0 Å². The van der Waals surface area contributed by atoms with Gasteiger partial charge < -0.3 is 5.32 Å². The molecular formula is C18H13ClN2O3. The van der Waals surface area contributed by atoms with Gasteiger partial charge in [0.1, 0.15) is 5.02 Å². The first kappa shape index (κ1) is 16.0. The van der Waals surface area contributed by atoms with E-state index in [1.54, 1.807) is 13.0 Å². The Morgan fingerprint density at radius 1 is 1.12 bits per heavy atom. The monoisotopic (exact) mass is 340 g/mol. The van der Waals surface area contributed by atoms with Crippen LogP contribution < -0.4 is 5.32 Å². The maximum atomic E-state index is 12.6. The number of aryl methyl sites for hydroxylation is 1. The fourth-order valence-corrected chi connectivity index (χ4v) is 2.79. The van der Waals surface area contributed by atoms with Gasteiger partial charge in [0, 0.05) is 17.3 Å². The van der Waals surface area contributed by atoms with Crippen molar-refractivity contribution >= 4 is 39.7 Å². The molecule has 0 saturated carbocycles. The third-order valence-electron chi connectivity index (χ3n) is 3.77. The Morgan fingerprint density at radius 2 is 1.83 bits per heavy atom. The van der Waals surface area contributed by atoms with Gasteiger partial charge in [0.25, 0.3) is 11.6 Å². The normalized spacial score (nSPS) is 10.6. The number of benzene rings is 3. The number of fused-ring (bicyclic) bond motifs is 1. The molecule has 0 radical (unpaired) electrons. The Morgan fingerprint density at radius 3 is 2.58 bits per heavy atom. The number of rotatable bonds is 3. The maximum Gasteiger partial charge on any atom is 0.288 e. The molecule has 0 aliphatic heterocycles. The summed E-state index contributed by atoms with van der Waals surface area (Å²) in [7, 11) is 0. The summed E-state index contributed by atoms with van der Waals surface area (Å²) in [4.78, 5) is 23.0. The van der Waals surface area contributed by atoms with E-state index in [-0.39, 0.29) is 16.6 Å². The number of halogens is 1. The maximum absolute atomic E-state index is 12.6. The zero-order chi connectivity index (χ0) is 17.3. The molecule has 5 nitrogen and oxygen atoms in total. The van der Waals surface area contributed by atoms with Gasteiger partial charge in [0.15, 0.2) is 0 Å². The zero-order valence-electron chi connectivity index (χ0n) is 12.7. The Kier molecular flexibility index (Phi) is 4.18. The molecule has 3 aromatic carbocycles. The van der Waals surface area contributed by atoms with Gasteiger partial charge in [-0.05, 0) is 35.4 Å². The first-order chi connectivity index (χ1) is 11.5. The van der Waals surface area contributed by atoms with Crippen molar-refractivity contribution < 1.29 is 9.72 Å². The fraction of sp³-hybridized carbons (Fsp3) is 0.0556. The molecule has 120 valence electrons. The van der Waals surface area contributed by atoms with Crippen molar-refractivity contribution in [3.8, 4) is 0 Å². The van der Waals surface area contributed by atoms with E-state index in [1.807, 2.05) is 36.4 Å². The van der Waals surface area contributed by atoms with Crippen LogP contribution in [0.25, 0.3) is 10.8 Å². The number of nitro groups is 1. The lowest BCUT2D eigenvalue weighted by atomic mass is 10.0. The molecule has 0 atom stereocenters. The van der Waals surface area contributed by atoms with Crippen LogP contribution in [0.3, 0.4) is 0 Å². The summed E-state index contributed by atoms with van der Waals surface area (Å²) in [6, 6.07) is 15.8. The molecule has 0 aromatic heterocycles. The van der Waals surface area contributed by atoms with Crippen LogP contribution in [0, 0.1) is 17.0 Å². The average molecular weight is 341 g/mol. The number of nitrogens with zero attached hydrogens (tertiary/aromatic N) is 1. The summed E-state index contributed by atoms with van der Waals surface area (Å²) >= 11 is 5.93. The largest absolute Gasteiger partial charge is 0.322 e. The topological polar surface area (TPSA) is 72.2 Å². The van der Waals surface area contributed by atoms with E-state index < -0.39 is 4.92 Å². The van der Waals surface area contributed by atoms with Crippen LogP contribution in [-0.2, 0) is 0 Å². The van der Waals surface area contributed by atoms with E-state index in [0.717, 1.165) is 10.8 Å². The highest BCUT2D eigenvalue weighted by Crippen LogP contribution is 2.31. The Hall–Kier alpha value is -2.92. The Bertz CT molecular complexity index is 964. The van der Waals surface area contributed by atoms with Gasteiger partial charge in [0.05, 0.1) is 4.92 Å². The minimum Gasteiger partial charge on any atom is -0.322 e.